The first kappa shape index (κ1) is 14.0. The van der Waals surface area contributed by atoms with Crippen LogP contribution in [-0.2, 0) is 16.3 Å². The summed E-state index contributed by atoms with van der Waals surface area (Å²) in [5.74, 6) is 3.79. The number of hydrazine groups is 1. The third-order valence-electron chi connectivity index (χ3n) is 2.21. The Balaban J connectivity index is 2.84. The first-order valence-electron chi connectivity index (χ1n) is 4.89. The molecule has 0 radical (unpaired) electrons. The third kappa shape index (κ3) is 4.76. The van der Waals surface area contributed by atoms with Crippen LogP contribution in [0.15, 0.2) is 18.2 Å². The summed E-state index contributed by atoms with van der Waals surface area (Å²) in [4.78, 5) is 0. The Morgan fingerprint density at radius 3 is 2.59 bits per heavy atom. The van der Waals surface area contributed by atoms with Gasteiger partial charge in [0.2, 0.25) is 0 Å². The molecule has 0 fully saturated rings. The average molecular weight is 264 g/mol. The standard InChI is InChI=1S/C10H14F2N2O2S/c1-17(15,16)6-9(14-13)5-7-4-8(11)2-3-10(7)12/h2-4,9,14H,5-6,13H2,1H3. The summed E-state index contributed by atoms with van der Waals surface area (Å²) in [5.41, 5.74) is 2.38. The van der Waals surface area contributed by atoms with E-state index in [1.54, 1.807) is 0 Å². The van der Waals surface area contributed by atoms with Crippen molar-refractivity contribution in [1.82, 2.24) is 5.43 Å². The highest BCUT2D eigenvalue weighted by molar-refractivity contribution is 7.90. The van der Waals surface area contributed by atoms with E-state index in [1.165, 1.54) is 0 Å². The zero-order chi connectivity index (χ0) is 13.1. The van der Waals surface area contributed by atoms with E-state index < -0.39 is 27.5 Å². The maximum absolute atomic E-state index is 13.3. The van der Waals surface area contributed by atoms with Crippen molar-refractivity contribution in [2.45, 2.75) is 12.5 Å². The molecule has 1 aromatic carbocycles. The van der Waals surface area contributed by atoms with Gasteiger partial charge in [-0.25, -0.2) is 17.2 Å². The highest BCUT2D eigenvalue weighted by Gasteiger charge is 2.16. The monoisotopic (exact) mass is 264 g/mol. The summed E-state index contributed by atoms with van der Waals surface area (Å²) in [7, 11) is -3.24. The molecule has 0 spiro atoms. The summed E-state index contributed by atoms with van der Waals surface area (Å²) >= 11 is 0. The fourth-order valence-corrected chi connectivity index (χ4v) is 2.44. The van der Waals surface area contributed by atoms with Crippen LogP contribution < -0.4 is 11.3 Å². The average Bonchev–Trinajstić information content (AvgIpc) is 2.20. The summed E-state index contributed by atoms with van der Waals surface area (Å²) in [6, 6.07) is 2.38. The van der Waals surface area contributed by atoms with E-state index >= 15 is 0 Å². The van der Waals surface area contributed by atoms with Crippen LogP contribution in [-0.4, -0.2) is 26.5 Å². The van der Waals surface area contributed by atoms with Gasteiger partial charge in [-0.2, -0.15) is 0 Å². The fourth-order valence-electron chi connectivity index (χ4n) is 1.50. The maximum Gasteiger partial charge on any atom is 0.149 e. The number of halogens is 2. The minimum Gasteiger partial charge on any atom is -0.271 e. The molecule has 0 amide bonds. The lowest BCUT2D eigenvalue weighted by Gasteiger charge is -2.15. The summed E-state index contributed by atoms with van der Waals surface area (Å²) in [5, 5.41) is 0. The summed E-state index contributed by atoms with van der Waals surface area (Å²) in [6.07, 6.45) is 1.06. The van der Waals surface area contributed by atoms with E-state index in [0.717, 1.165) is 24.5 Å². The lowest BCUT2D eigenvalue weighted by Crippen LogP contribution is -2.41. The van der Waals surface area contributed by atoms with Crippen LogP contribution in [0.1, 0.15) is 5.56 Å². The molecule has 1 aromatic rings. The van der Waals surface area contributed by atoms with Crippen molar-refractivity contribution >= 4 is 9.84 Å². The lowest BCUT2D eigenvalue weighted by molar-refractivity contribution is 0.524. The van der Waals surface area contributed by atoms with E-state index in [9.17, 15) is 17.2 Å². The number of nitrogens with two attached hydrogens (primary N) is 1. The normalized spacial score (nSPS) is 13.6. The van der Waals surface area contributed by atoms with Crippen LogP contribution in [0.2, 0.25) is 0 Å². The molecule has 1 atom stereocenters. The summed E-state index contributed by atoms with van der Waals surface area (Å²) in [6.45, 7) is 0. The van der Waals surface area contributed by atoms with Crippen molar-refractivity contribution in [1.29, 1.82) is 0 Å². The number of sulfone groups is 1. The predicted octanol–water partition coefficient (Wildman–Crippen LogP) is 0.384. The SMILES string of the molecule is CS(=O)(=O)CC(Cc1cc(F)ccc1F)NN. The third-order valence-corrected chi connectivity index (χ3v) is 3.22. The quantitative estimate of drug-likeness (QED) is 0.596. The van der Waals surface area contributed by atoms with Crippen LogP contribution in [0.3, 0.4) is 0 Å². The molecule has 96 valence electrons. The van der Waals surface area contributed by atoms with Gasteiger partial charge < -0.3 is 0 Å². The summed E-state index contributed by atoms with van der Waals surface area (Å²) < 4.78 is 48.4. The van der Waals surface area contributed by atoms with Crippen molar-refractivity contribution in [3.8, 4) is 0 Å². The van der Waals surface area contributed by atoms with Crippen LogP contribution in [0.5, 0.6) is 0 Å². The molecule has 1 rings (SSSR count). The van der Waals surface area contributed by atoms with Gasteiger partial charge >= 0.3 is 0 Å². The predicted molar refractivity (Wildman–Crippen MR) is 60.9 cm³/mol. The molecule has 0 saturated carbocycles. The largest absolute Gasteiger partial charge is 0.271 e. The van der Waals surface area contributed by atoms with Crippen LogP contribution in [0, 0.1) is 11.6 Å². The minimum absolute atomic E-state index is 0.00711. The molecule has 3 N–H and O–H groups in total. The molecule has 0 saturated heterocycles. The molecular weight excluding hydrogens is 250 g/mol. The number of benzene rings is 1. The Labute approximate surface area is 98.7 Å². The number of hydrogen-bond donors (Lipinski definition) is 2. The second-order valence-corrected chi connectivity index (χ2v) is 6.08. The second kappa shape index (κ2) is 5.52. The smallest absolute Gasteiger partial charge is 0.149 e. The van der Waals surface area contributed by atoms with Crippen LogP contribution in [0.4, 0.5) is 8.78 Å². The van der Waals surface area contributed by atoms with Gasteiger partial charge in [0.05, 0.1) is 5.75 Å². The van der Waals surface area contributed by atoms with Crippen LogP contribution >= 0.6 is 0 Å². The molecule has 4 nitrogen and oxygen atoms in total. The number of rotatable bonds is 5. The van der Waals surface area contributed by atoms with E-state index in [-0.39, 0.29) is 17.7 Å². The molecule has 17 heavy (non-hydrogen) atoms. The fraction of sp³-hybridized carbons (Fsp3) is 0.400. The van der Waals surface area contributed by atoms with Crippen molar-refractivity contribution in [2.24, 2.45) is 5.84 Å². The van der Waals surface area contributed by atoms with E-state index in [0.29, 0.717) is 0 Å². The van der Waals surface area contributed by atoms with Gasteiger partial charge in [0, 0.05) is 12.3 Å². The molecule has 0 heterocycles. The van der Waals surface area contributed by atoms with Gasteiger partial charge in [-0.1, -0.05) is 0 Å². The van der Waals surface area contributed by atoms with Gasteiger partial charge in [-0.15, -0.1) is 0 Å². The zero-order valence-corrected chi connectivity index (χ0v) is 10.1. The Morgan fingerprint density at radius 1 is 1.41 bits per heavy atom. The Morgan fingerprint density at radius 2 is 2.06 bits per heavy atom. The highest BCUT2D eigenvalue weighted by atomic mass is 32.2. The van der Waals surface area contributed by atoms with Gasteiger partial charge in [0.1, 0.15) is 21.5 Å². The van der Waals surface area contributed by atoms with Crippen molar-refractivity contribution in [3.63, 3.8) is 0 Å². The van der Waals surface area contributed by atoms with Crippen LogP contribution in [0.25, 0.3) is 0 Å². The van der Waals surface area contributed by atoms with Gasteiger partial charge in [0.25, 0.3) is 0 Å². The van der Waals surface area contributed by atoms with Crippen molar-refractivity contribution < 1.29 is 17.2 Å². The zero-order valence-electron chi connectivity index (χ0n) is 9.28. The van der Waals surface area contributed by atoms with E-state index in [1.807, 2.05) is 0 Å². The minimum atomic E-state index is -3.24. The second-order valence-electron chi connectivity index (χ2n) is 3.90. The van der Waals surface area contributed by atoms with Crippen molar-refractivity contribution in [2.75, 3.05) is 12.0 Å². The Kier molecular flexibility index (Phi) is 4.55. The maximum atomic E-state index is 13.3. The number of nitrogens with one attached hydrogen (secondary N) is 1. The van der Waals surface area contributed by atoms with E-state index in [4.69, 9.17) is 5.84 Å². The molecule has 0 bridgehead atoms. The molecule has 7 heteroatoms. The number of hydrogen-bond acceptors (Lipinski definition) is 4. The Hall–Kier alpha value is -1.05. The topological polar surface area (TPSA) is 72.2 Å². The molecule has 0 aromatic heterocycles. The lowest BCUT2D eigenvalue weighted by atomic mass is 10.1. The first-order chi connectivity index (χ1) is 7.81. The molecule has 0 aliphatic heterocycles. The van der Waals surface area contributed by atoms with E-state index in [2.05, 4.69) is 5.43 Å². The molecule has 0 aliphatic carbocycles. The van der Waals surface area contributed by atoms with Crippen molar-refractivity contribution in [3.05, 3.63) is 35.4 Å². The van der Waals surface area contributed by atoms with Gasteiger partial charge in [-0.3, -0.25) is 11.3 Å². The highest BCUT2D eigenvalue weighted by Crippen LogP contribution is 2.12. The Bertz CT molecular complexity index is 491. The molecule has 0 aliphatic rings. The van der Waals surface area contributed by atoms with Gasteiger partial charge in [-0.05, 0) is 30.2 Å². The molecule has 1 unspecified atom stereocenters. The molecular formula is C10H14F2N2O2S. The van der Waals surface area contributed by atoms with Gasteiger partial charge in [0.15, 0.2) is 0 Å². The first-order valence-corrected chi connectivity index (χ1v) is 6.95.